The highest BCUT2D eigenvalue weighted by molar-refractivity contribution is 7.19. The Hall–Kier alpha value is -2.67. The lowest BCUT2D eigenvalue weighted by Crippen LogP contribution is -1.94. The van der Waals surface area contributed by atoms with E-state index in [9.17, 15) is 8.78 Å². The molecule has 4 aromatic rings. The van der Waals surface area contributed by atoms with Crippen LogP contribution in [0.3, 0.4) is 0 Å². The van der Waals surface area contributed by atoms with E-state index in [1.807, 2.05) is 31.2 Å². The molecule has 0 aliphatic carbocycles. The predicted molar refractivity (Wildman–Crippen MR) is 84.2 cm³/mol. The van der Waals surface area contributed by atoms with E-state index >= 15 is 0 Å². The van der Waals surface area contributed by atoms with Gasteiger partial charge in [-0.3, -0.25) is 0 Å². The Kier molecular flexibility index (Phi) is 3.16. The van der Waals surface area contributed by atoms with Crippen LogP contribution in [0.5, 0.6) is 0 Å². The van der Waals surface area contributed by atoms with Crippen LogP contribution in [0.1, 0.15) is 5.56 Å². The molecule has 0 saturated heterocycles. The monoisotopic (exact) mass is 328 g/mol. The van der Waals surface area contributed by atoms with E-state index in [0.29, 0.717) is 4.96 Å². The fourth-order valence-electron chi connectivity index (χ4n) is 2.27. The Morgan fingerprint density at radius 3 is 2.57 bits per heavy atom. The summed E-state index contributed by atoms with van der Waals surface area (Å²) in [6.45, 7) is 2.01. The van der Waals surface area contributed by atoms with Crippen LogP contribution < -0.4 is 0 Å². The number of aromatic nitrogens is 4. The van der Waals surface area contributed by atoms with Crippen molar-refractivity contribution in [1.29, 1.82) is 0 Å². The predicted octanol–water partition coefficient (Wildman–Crippen LogP) is 4.11. The number of nitrogens with zero attached hydrogens (tertiary/aromatic N) is 4. The zero-order valence-corrected chi connectivity index (χ0v) is 12.8. The molecule has 4 rings (SSSR count). The highest BCUT2D eigenvalue weighted by atomic mass is 32.1. The molecule has 0 N–H and O–H groups in total. The molecule has 2 aromatic carbocycles. The summed E-state index contributed by atoms with van der Waals surface area (Å²) in [4.78, 5) is 0.527. The fourth-order valence-corrected chi connectivity index (χ4v) is 3.11. The number of benzene rings is 2. The zero-order chi connectivity index (χ0) is 16.0. The lowest BCUT2D eigenvalue weighted by atomic mass is 10.2. The molecule has 0 bridgehead atoms. The smallest absolute Gasteiger partial charge is 0.207 e. The van der Waals surface area contributed by atoms with Crippen molar-refractivity contribution in [3.05, 3.63) is 59.7 Å². The number of aryl methyl sites for hydroxylation is 1. The van der Waals surface area contributed by atoms with Gasteiger partial charge in [-0.15, -0.1) is 10.2 Å². The van der Waals surface area contributed by atoms with Gasteiger partial charge in [-0.2, -0.15) is 9.61 Å². The standard InChI is InChI=1S/C16H10F2N4S/c1-9-2-4-10(5-3-9)15-21-22-14(19-20-16(22)23-15)12-8-11(17)6-7-13(12)18/h2-8H,1H3. The molecule has 0 unspecified atom stereocenters. The Bertz CT molecular complexity index is 1000. The Balaban J connectivity index is 1.87. The van der Waals surface area contributed by atoms with Crippen LogP contribution in [0, 0.1) is 18.6 Å². The number of halogens is 2. The summed E-state index contributed by atoms with van der Waals surface area (Å²) in [6.07, 6.45) is 0. The molecule has 2 heterocycles. The first-order valence-electron chi connectivity index (χ1n) is 6.86. The van der Waals surface area contributed by atoms with Crippen molar-refractivity contribution < 1.29 is 8.78 Å². The van der Waals surface area contributed by atoms with Gasteiger partial charge in [0.1, 0.15) is 16.6 Å². The first-order valence-corrected chi connectivity index (χ1v) is 7.68. The SMILES string of the molecule is Cc1ccc(-c2nn3c(-c4cc(F)ccc4F)nnc3s2)cc1. The maximum Gasteiger partial charge on any atom is 0.235 e. The maximum atomic E-state index is 14.0. The minimum atomic E-state index is -0.564. The average Bonchev–Trinajstić information content (AvgIpc) is 3.11. The average molecular weight is 328 g/mol. The third-order valence-corrected chi connectivity index (χ3v) is 4.41. The van der Waals surface area contributed by atoms with Crippen molar-refractivity contribution in [3.63, 3.8) is 0 Å². The van der Waals surface area contributed by atoms with Gasteiger partial charge >= 0.3 is 0 Å². The highest BCUT2D eigenvalue weighted by Crippen LogP contribution is 2.29. The number of hydrogen-bond acceptors (Lipinski definition) is 4. The van der Waals surface area contributed by atoms with E-state index in [1.165, 1.54) is 15.9 Å². The second-order valence-electron chi connectivity index (χ2n) is 5.12. The Labute approximate surface area is 134 Å². The van der Waals surface area contributed by atoms with E-state index in [2.05, 4.69) is 15.3 Å². The van der Waals surface area contributed by atoms with E-state index < -0.39 is 11.6 Å². The van der Waals surface area contributed by atoms with Gasteiger partial charge in [0.05, 0.1) is 5.56 Å². The lowest BCUT2D eigenvalue weighted by molar-refractivity contribution is 0.601. The summed E-state index contributed by atoms with van der Waals surface area (Å²) in [6, 6.07) is 11.1. The molecule has 2 aromatic heterocycles. The summed E-state index contributed by atoms with van der Waals surface area (Å²) >= 11 is 1.34. The van der Waals surface area contributed by atoms with Crippen LogP contribution in [0.15, 0.2) is 42.5 Å². The topological polar surface area (TPSA) is 43.1 Å². The van der Waals surface area contributed by atoms with Crippen LogP contribution in [-0.4, -0.2) is 19.8 Å². The summed E-state index contributed by atoms with van der Waals surface area (Å²) in [5, 5.41) is 13.1. The summed E-state index contributed by atoms with van der Waals surface area (Å²) in [5.74, 6) is -0.913. The molecule has 7 heteroatoms. The van der Waals surface area contributed by atoms with E-state index in [-0.39, 0.29) is 11.4 Å². The second kappa shape index (κ2) is 5.20. The molecule has 0 aliphatic heterocycles. The number of rotatable bonds is 2. The Morgan fingerprint density at radius 2 is 1.78 bits per heavy atom. The van der Waals surface area contributed by atoms with Crippen LogP contribution in [-0.2, 0) is 0 Å². The molecule has 23 heavy (non-hydrogen) atoms. The molecular formula is C16H10F2N4S. The zero-order valence-electron chi connectivity index (χ0n) is 12.0. The van der Waals surface area contributed by atoms with Crippen molar-refractivity contribution in [3.8, 4) is 22.0 Å². The first-order chi connectivity index (χ1) is 11.1. The minimum Gasteiger partial charge on any atom is -0.207 e. The normalized spacial score (nSPS) is 11.3. The third kappa shape index (κ3) is 2.39. The maximum absolute atomic E-state index is 14.0. The fraction of sp³-hybridized carbons (Fsp3) is 0.0625. The molecule has 114 valence electrons. The molecular weight excluding hydrogens is 318 g/mol. The molecule has 0 radical (unpaired) electrons. The largest absolute Gasteiger partial charge is 0.235 e. The number of fused-ring (bicyclic) bond motifs is 1. The summed E-state index contributed by atoms with van der Waals surface area (Å²) in [5.41, 5.74) is 2.13. The van der Waals surface area contributed by atoms with E-state index in [4.69, 9.17) is 0 Å². The van der Waals surface area contributed by atoms with Gasteiger partial charge in [-0.05, 0) is 25.1 Å². The summed E-state index contributed by atoms with van der Waals surface area (Å²) in [7, 11) is 0. The van der Waals surface area contributed by atoms with Crippen LogP contribution in [0.2, 0.25) is 0 Å². The van der Waals surface area contributed by atoms with Crippen molar-refractivity contribution in [2.75, 3.05) is 0 Å². The molecule has 0 amide bonds. The van der Waals surface area contributed by atoms with Gasteiger partial charge < -0.3 is 0 Å². The van der Waals surface area contributed by atoms with Gasteiger partial charge in [-0.25, -0.2) is 8.78 Å². The summed E-state index contributed by atoms with van der Waals surface area (Å²) < 4.78 is 28.8. The molecule has 0 spiro atoms. The van der Waals surface area contributed by atoms with Crippen LogP contribution >= 0.6 is 11.3 Å². The first kappa shape index (κ1) is 14.0. The van der Waals surface area contributed by atoms with E-state index in [0.717, 1.165) is 34.3 Å². The van der Waals surface area contributed by atoms with Gasteiger partial charge in [0, 0.05) is 5.56 Å². The Morgan fingerprint density at radius 1 is 1.00 bits per heavy atom. The van der Waals surface area contributed by atoms with Crippen molar-refractivity contribution in [2.24, 2.45) is 0 Å². The number of hydrogen-bond donors (Lipinski definition) is 0. The third-order valence-electron chi connectivity index (χ3n) is 3.46. The van der Waals surface area contributed by atoms with Gasteiger partial charge in [-0.1, -0.05) is 41.2 Å². The molecule has 0 saturated carbocycles. The van der Waals surface area contributed by atoms with Gasteiger partial charge in [0.25, 0.3) is 0 Å². The van der Waals surface area contributed by atoms with Gasteiger partial charge in [0.15, 0.2) is 5.82 Å². The van der Waals surface area contributed by atoms with Crippen LogP contribution in [0.25, 0.3) is 26.9 Å². The van der Waals surface area contributed by atoms with Crippen molar-refractivity contribution in [2.45, 2.75) is 6.92 Å². The van der Waals surface area contributed by atoms with E-state index in [1.54, 1.807) is 0 Å². The van der Waals surface area contributed by atoms with Crippen molar-refractivity contribution in [1.82, 2.24) is 19.8 Å². The molecule has 0 fully saturated rings. The lowest BCUT2D eigenvalue weighted by Gasteiger charge is -2.00. The minimum absolute atomic E-state index is 0.0401. The highest BCUT2D eigenvalue weighted by Gasteiger charge is 2.17. The van der Waals surface area contributed by atoms with Crippen LogP contribution in [0.4, 0.5) is 8.78 Å². The van der Waals surface area contributed by atoms with Gasteiger partial charge in [0.2, 0.25) is 4.96 Å². The molecule has 4 nitrogen and oxygen atoms in total. The molecule has 0 atom stereocenters. The quantitative estimate of drug-likeness (QED) is 0.556. The molecule has 0 aliphatic rings. The van der Waals surface area contributed by atoms with Crippen molar-refractivity contribution >= 4 is 16.3 Å². The second-order valence-corrected chi connectivity index (χ2v) is 6.07.